The van der Waals surface area contributed by atoms with Crippen molar-refractivity contribution in [3.63, 3.8) is 0 Å². The molecule has 2 aromatic rings. The Hall–Kier alpha value is -3.00. The number of fused-ring (bicyclic) bond motifs is 3. The first-order chi connectivity index (χ1) is 15.3. The number of hydrogen-bond acceptors (Lipinski definition) is 9. The van der Waals surface area contributed by atoms with Crippen LogP contribution in [0.4, 0.5) is 25.1 Å². The summed E-state index contributed by atoms with van der Waals surface area (Å²) in [7, 11) is 1.40. The summed E-state index contributed by atoms with van der Waals surface area (Å²) in [5.74, 6) is 1.01. The standard InChI is InChI=1S/C19H24F2N6O5/c1-30-17(23)14(16(22)28)24-9-2-3-10-12(6-9)31-5-4-26-7-13(25-18(10)26)27-11(15(20)21)8-32-19(27)29/h2-3,6-7,11,14-17,24,28H,4-5,8,22-23H2,1H3/t11-,14+,16?,17-/m0/s1. The molecule has 4 atom stereocenters. The largest absolute Gasteiger partial charge is 0.491 e. The zero-order valence-corrected chi connectivity index (χ0v) is 17.1. The molecule has 4 rings (SSSR count). The number of aliphatic hydroxyl groups excluding tert-OH is 1. The van der Waals surface area contributed by atoms with Crippen LogP contribution in [0.3, 0.4) is 0 Å². The number of aliphatic hydroxyl groups is 1. The van der Waals surface area contributed by atoms with E-state index in [0.717, 1.165) is 4.90 Å². The van der Waals surface area contributed by atoms with E-state index in [0.29, 0.717) is 29.4 Å². The van der Waals surface area contributed by atoms with Crippen molar-refractivity contribution in [3.05, 3.63) is 24.4 Å². The van der Waals surface area contributed by atoms with E-state index in [-0.39, 0.29) is 12.4 Å². The topological polar surface area (TPSA) is 150 Å². The van der Waals surface area contributed by atoms with Gasteiger partial charge in [0, 0.05) is 25.1 Å². The van der Waals surface area contributed by atoms with Gasteiger partial charge >= 0.3 is 6.09 Å². The van der Waals surface area contributed by atoms with Crippen LogP contribution in [0, 0.1) is 0 Å². The van der Waals surface area contributed by atoms with E-state index in [4.69, 9.17) is 25.7 Å². The van der Waals surface area contributed by atoms with Crippen LogP contribution >= 0.6 is 0 Å². The highest BCUT2D eigenvalue weighted by molar-refractivity contribution is 5.89. The number of nitrogens with one attached hydrogen (secondary N) is 1. The van der Waals surface area contributed by atoms with Gasteiger partial charge in [-0.1, -0.05) is 0 Å². The second kappa shape index (κ2) is 8.86. The van der Waals surface area contributed by atoms with Gasteiger partial charge < -0.3 is 40.7 Å². The van der Waals surface area contributed by atoms with Crippen molar-refractivity contribution in [2.45, 2.75) is 37.5 Å². The lowest BCUT2D eigenvalue weighted by Gasteiger charge is -2.27. The lowest BCUT2D eigenvalue weighted by atomic mass is 10.1. The number of hydrogen-bond donors (Lipinski definition) is 4. The van der Waals surface area contributed by atoms with Crippen molar-refractivity contribution >= 4 is 17.6 Å². The molecule has 32 heavy (non-hydrogen) atoms. The summed E-state index contributed by atoms with van der Waals surface area (Å²) in [6.07, 6.45) is -4.24. The van der Waals surface area contributed by atoms with Crippen molar-refractivity contribution in [1.82, 2.24) is 9.55 Å². The van der Waals surface area contributed by atoms with Gasteiger partial charge in [0.1, 0.15) is 49.3 Å². The molecule has 1 aromatic heterocycles. The SMILES string of the molecule is CO[C@H](N)[C@H](Nc1ccc2c(c1)OCCn1cc(N3C(=O)OC[C@H]3C(F)F)nc1-2)C(N)O. The lowest BCUT2D eigenvalue weighted by molar-refractivity contribution is 0.0383. The summed E-state index contributed by atoms with van der Waals surface area (Å²) in [6, 6.07) is 2.93. The highest BCUT2D eigenvalue weighted by Crippen LogP contribution is 2.37. The number of alkyl halides is 2. The van der Waals surface area contributed by atoms with E-state index in [9.17, 15) is 18.7 Å². The summed E-state index contributed by atoms with van der Waals surface area (Å²) in [5, 5.41) is 12.8. The smallest absolute Gasteiger partial charge is 0.416 e. The minimum absolute atomic E-state index is 0.0836. The second-order valence-electron chi connectivity index (χ2n) is 7.39. The van der Waals surface area contributed by atoms with Crippen LogP contribution < -0.4 is 26.4 Å². The molecule has 3 heterocycles. The van der Waals surface area contributed by atoms with Gasteiger partial charge in [0.15, 0.2) is 5.82 Å². The predicted octanol–water partition coefficient (Wildman–Crippen LogP) is 0.522. The van der Waals surface area contributed by atoms with E-state index in [1.54, 1.807) is 22.8 Å². The Morgan fingerprint density at radius 3 is 2.81 bits per heavy atom. The Morgan fingerprint density at radius 2 is 2.12 bits per heavy atom. The molecule has 1 unspecified atom stereocenters. The third-order valence-corrected chi connectivity index (χ3v) is 5.35. The maximum absolute atomic E-state index is 13.3. The molecular formula is C19H24F2N6O5. The number of rotatable bonds is 7. The molecule has 0 spiro atoms. The fourth-order valence-corrected chi connectivity index (χ4v) is 3.66. The normalized spacial score (nSPS) is 20.7. The Morgan fingerprint density at radius 1 is 1.34 bits per heavy atom. The third kappa shape index (κ3) is 4.07. The van der Waals surface area contributed by atoms with Crippen LogP contribution in [-0.4, -0.2) is 72.0 Å². The van der Waals surface area contributed by atoms with Crippen LogP contribution in [-0.2, 0) is 16.0 Å². The minimum atomic E-state index is -2.77. The molecule has 1 fully saturated rings. The average Bonchev–Trinajstić information content (AvgIpc) is 3.30. The first-order valence-corrected chi connectivity index (χ1v) is 9.87. The zero-order valence-electron chi connectivity index (χ0n) is 17.1. The van der Waals surface area contributed by atoms with Crippen LogP contribution in [0.2, 0.25) is 0 Å². The summed E-state index contributed by atoms with van der Waals surface area (Å²) in [4.78, 5) is 17.3. The van der Waals surface area contributed by atoms with Gasteiger partial charge in [-0.25, -0.2) is 23.5 Å². The molecule has 1 saturated heterocycles. The molecule has 11 nitrogen and oxygen atoms in total. The van der Waals surface area contributed by atoms with Gasteiger partial charge in [0.05, 0.1) is 12.1 Å². The monoisotopic (exact) mass is 454 g/mol. The van der Waals surface area contributed by atoms with Crippen molar-refractivity contribution in [2.75, 3.05) is 30.5 Å². The number of benzene rings is 1. The van der Waals surface area contributed by atoms with Crippen molar-refractivity contribution in [1.29, 1.82) is 0 Å². The average molecular weight is 454 g/mol. The lowest BCUT2D eigenvalue weighted by Crippen LogP contribution is -2.52. The number of amides is 1. The fraction of sp³-hybridized carbons (Fsp3) is 0.474. The molecule has 6 N–H and O–H groups in total. The van der Waals surface area contributed by atoms with Gasteiger partial charge in [-0.05, 0) is 12.1 Å². The quantitative estimate of drug-likeness (QED) is 0.439. The Kier molecular flexibility index (Phi) is 6.15. The van der Waals surface area contributed by atoms with Crippen molar-refractivity contribution < 1.29 is 32.9 Å². The minimum Gasteiger partial charge on any atom is -0.491 e. The third-order valence-electron chi connectivity index (χ3n) is 5.35. The van der Waals surface area contributed by atoms with Gasteiger partial charge in [0.2, 0.25) is 0 Å². The second-order valence-corrected chi connectivity index (χ2v) is 7.39. The zero-order chi connectivity index (χ0) is 23.0. The number of methoxy groups -OCH3 is 1. The number of cyclic esters (lactones) is 1. The van der Waals surface area contributed by atoms with Gasteiger partial charge in [0.25, 0.3) is 6.43 Å². The van der Waals surface area contributed by atoms with E-state index in [1.165, 1.54) is 13.3 Å². The molecule has 13 heteroatoms. The van der Waals surface area contributed by atoms with Gasteiger partial charge in [-0.15, -0.1) is 0 Å². The van der Waals surface area contributed by atoms with Crippen LogP contribution in [0.5, 0.6) is 5.75 Å². The maximum atomic E-state index is 13.3. The Labute approximate surface area is 181 Å². The first kappa shape index (κ1) is 22.2. The number of imidazole rings is 1. The predicted molar refractivity (Wildman–Crippen MR) is 109 cm³/mol. The van der Waals surface area contributed by atoms with Gasteiger partial charge in [-0.2, -0.15) is 0 Å². The van der Waals surface area contributed by atoms with Gasteiger partial charge in [-0.3, -0.25) is 0 Å². The summed E-state index contributed by atoms with van der Waals surface area (Å²) < 4.78 is 44.1. The molecule has 1 amide bonds. The van der Waals surface area contributed by atoms with Crippen LogP contribution in [0.1, 0.15) is 0 Å². The van der Waals surface area contributed by atoms with Crippen molar-refractivity contribution in [3.8, 4) is 17.1 Å². The van der Waals surface area contributed by atoms with E-state index < -0.39 is 43.7 Å². The number of aromatic nitrogens is 2. The number of anilines is 2. The number of nitrogens with zero attached hydrogens (tertiary/aromatic N) is 3. The molecule has 174 valence electrons. The van der Waals surface area contributed by atoms with Crippen LogP contribution in [0.25, 0.3) is 11.4 Å². The number of carbonyl (C=O) groups is 1. The molecule has 1 aromatic carbocycles. The number of ether oxygens (including phenoxy) is 3. The highest BCUT2D eigenvalue weighted by atomic mass is 19.3. The van der Waals surface area contributed by atoms with E-state index >= 15 is 0 Å². The fourth-order valence-electron chi connectivity index (χ4n) is 3.66. The highest BCUT2D eigenvalue weighted by Gasteiger charge is 2.42. The Bertz CT molecular complexity index is 987. The summed E-state index contributed by atoms with van der Waals surface area (Å²) in [5.41, 5.74) is 12.6. The van der Waals surface area contributed by atoms with Crippen molar-refractivity contribution in [2.24, 2.45) is 11.5 Å². The molecule has 0 saturated carbocycles. The number of halogens is 2. The molecular weight excluding hydrogens is 430 g/mol. The maximum Gasteiger partial charge on any atom is 0.416 e. The van der Waals surface area contributed by atoms with Crippen LogP contribution in [0.15, 0.2) is 24.4 Å². The Balaban J connectivity index is 1.65. The summed E-state index contributed by atoms with van der Waals surface area (Å²) >= 11 is 0. The molecule has 0 bridgehead atoms. The molecule has 0 aliphatic carbocycles. The summed E-state index contributed by atoms with van der Waals surface area (Å²) in [6.45, 7) is 0.272. The van der Waals surface area contributed by atoms with E-state index in [1.807, 2.05) is 0 Å². The number of nitrogens with two attached hydrogens (primary N) is 2. The molecule has 0 radical (unpaired) electrons. The first-order valence-electron chi connectivity index (χ1n) is 9.87. The number of carbonyl (C=O) groups excluding carboxylic acids is 1. The molecule has 2 aliphatic rings. The van der Waals surface area contributed by atoms with E-state index in [2.05, 4.69) is 10.3 Å². The molecule has 2 aliphatic heterocycles.